The Morgan fingerprint density at radius 1 is 1.58 bits per heavy atom. The molecule has 1 aromatic rings. The Kier molecular flexibility index (Phi) is 5.38. The van der Waals surface area contributed by atoms with Crippen LogP contribution in [0, 0.1) is 0 Å². The molecular weight excluding hydrogens is 264 g/mol. The fourth-order valence-electron chi connectivity index (χ4n) is 2.65. The van der Waals surface area contributed by atoms with Gasteiger partial charge < -0.3 is 11.1 Å². The van der Waals surface area contributed by atoms with Gasteiger partial charge in [-0.25, -0.2) is 0 Å². The van der Waals surface area contributed by atoms with Crippen LogP contribution in [0.15, 0.2) is 12.3 Å². The van der Waals surface area contributed by atoms with Crippen molar-refractivity contribution in [2.75, 3.05) is 0 Å². The Bertz CT molecular complexity index is 426. The molecule has 1 unspecified atom stereocenters. The number of carbonyl (C=O) groups is 1. The van der Waals surface area contributed by atoms with Gasteiger partial charge in [0.2, 0.25) is 5.91 Å². The zero-order valence-electron chi connectivity index (χ0n) is 11.6. The molecule has 0 aromatic carbocycles. The van der Waals surface area contributed by atoms with E-state index in [-0.39, 0.29) is 24.4 Å². The molecule has 1 aromatic heterocycles. The van der Waals surface area contributed by atoms with E-state index < -0.39 is 5.54 Å². The maximum atomic E-state index is 12.3. The highest BCUT2D eigenvalue weighted by molar-refractivity contribution is 5.86. The largest absolute Gasteiger partial charge is 0.346 e. The number of hydrogen-bond acceptors (Lipinski definition) is 3. The molecule has 0 spiro atoms. The highest BCUT2D eigenvalue weighted by Crippen LogP contribution is 2.28. The normalized spacial score (nSPS) is 18.7. The maximum absolute atomic E-state index is 12.3. The molecule has 6 heteroatoms. The van der Waals surface area contributed by atoms with Gasteiger partial charge in [-0.05, 0) is 25.3 Å². The van der Waals surface area contributed by atoms with Crippen molar-refractivity contribution >= 4 is 18.3 Å². The number of nitrogens with one attached hydrogen (secondary N) is 1. The van der Waals surface area contributed by atoms with E-state index in [9.17, 15) is 4.79 Å². The van der Waals surface area contributed by atoms with E-state index in [4.69, 9.17) is 5.73 Å². The van der Waals surface area contributed by atoms with Crippen LogP contribution in [0.25, 0.3) is 0 Å². The first-order chi connectivity index (χ1) is 8.57. The molecule has 1 heterocycles. The smallest absolute Gasteiger partial charge is 0.240 e. The molecule has 1 fully saturated rings. The predicted molar refractivity (Wildman–Crippen MR) is 77.0 cm³/mol. The molecule has 5 nitrogen and oxygen atoms in total. The summed E-state index contributed by atoms with van der Waals surface area (Å²) in [6, 6.07) is 1.93. The minimum atomic E-state index is -0.661. The van der Waals surface area contributed by atoms with Crippen molar-refractivity contribution in [2.45, 2.75) is 50.6 Å². The molecule has 1 amide bonds. The fraction of sp³-hybridized carbons (Fsp3) is 0.692. The maximum Gasteiger partial charge on any atom is 0.240 e. The second kappa shape index (κ2) is 6.39. The van der Waals surface area contributed by atoms with Crippen molar-refractivity contribution in [1.29, 1.82) is 0 Å². The summed E-state index contributed by atoms with van der Waals surface area (Å²) in [5.41, 5.74) is 6.52. The number of halogens is 1. The Morgan fingerprint density at radius 3 is 2.68 bits per heavy atom. The zero-order valence-corrected chi connectivity index (χ0v) is 12.4. The summed E-state index contributed by atoms with van der Waals surface area (Å²) in [6.45, 7) is 2.05. The number of carbonyl (C=O) groups excluding carboxylic acids is 1. The predicted octanol–water partition coefficient (Wildman–Crippen LogP) is 1.68. The van der Waals surface area contributed by atoms with Gasteiger partial charge >= 0.3 is 0 Å². The van der Waals surface area contributed by atoms with Crippen LogP contribution in [0.2, 0.25) is 0 Å². The monoisotopic (exact) mass is 286 g/mol. The van der Waals surface area contributed by atoms with E-state index in [1.807, 2.05) is 13.1 Å². The van der Waals surface area contributed by atoms with Gasteiger partial charge in [0.25, 0.3) is 0 Å². The van der Waals surface area contributed by atoms with Gasteiger partial charge in [-0.3, -0.25) is 9.48 Å². The van der Waals surface area contributed by atoms with Crippen LogP contribution in [0.1, 0.15) is 50.8 Å². The standard InChI is InChI=1S/C13H22N4O.ClH/c1-3-10(11-6-9-15-17(11)2)16-12(18)13(14)7-4-5-8-13;/h6,9-10H,3-5,7-8,14H2,1-2H3,(H,16,18);1H. The topological polar surface area (TPSA) is 72.9 Å². The molecule has 0 aliphatic heterocycles. The number of aryl methyl sites for hydroxylation is 1. The molecule has 2 rings (SSSR count). The van der Waals surface area contributed by atoms with Gasteiger partial charge in [-0.2, -0.15) is 5.10 Å². The van der Waals surface area contributed by atoms with Crippen molar-refractivity contribution in [1.82, 2.24) is 15.1 Å². The number of rotatable bonds is 4. The van der Waals surface area contributed by atoms with E-state index in [2.05, 4.69) is 17.3 Å². The Balaban J connectivity index is 0.00000180. The first-order valence-corrected chi connectivity index (χ1v) is 6.64. The molecule has 1 aliphatic rings. The highest BCUT2D eigenvalue weighted by atomic mass is 35.5. The third-order valence-corrected chi connectivity index (χ3v) is 3.88. The summed E-state index contributed by atoms with van der Waals surface area (Å²) < 4.78 is 1.80. The van der Waals surface area contributed by atoms with Crippen LogP contribution in [-0.2, 0) is 11.8 Å². The second-order valence-corrected chi connectivity index (χ2v) is 5.18. The molecule has 0 radical (unpaired) electrons. The van der Waals surface area contributed by atoms with Crippen molar-refractivity contribution < 1.29 is 4.79 Å². The van der Waals surface area contributed by atoms with Crippen molar-refractivity contribution in [3.8, 4) is 0 Å². The quantitative estimate of drug-likeness (QED) is 0.884. The van der Waals surface area contributed by atoms with Crippen molar-refractivity contribution in [3.63, 3.8) is 0 Å². The van der Waals surface area contributed by atoms with E-state index in [1.54, 1.807) is 10.9 Å². The lowest BCUT2D eigenvalue weighted by Crippen LogP contribution is -2.52. The average Bonchev–Trinajstić information content (AvgIpc) is 2.96. The Morgan fingerprint density at radius 2 is 2.21 bits per heavy atom. The fourth-order valence-corrected chi connectivity index (χ4v) is 2.65. The number of hydrogen-bond donors (Lipinski definition) is 2. The molecule has 1 saturated carbocycles. The van der Waals surface area contributed by atoms with E-state index in [0.717, 1.165) is 37.8 Å². The number of nitrogens with zero attached hydrogens (tertiary/aromatic N) is 2. The second-order valence-electron chi connectivity index (χ2n) is 5.18. The van der Waals surface area contributed by atoms with E-state index in [0.29, 0.717) is 0 Å². The molecular formula is C13H23ClN4O. The number of amides is 1. The third kappa shape index (κ3) is 3.28. The molecule has 1 aliphatic carbocycles. The van der Waals surface area contributed by atoms with Crippen LogP contribution < -0.4 is 11.1 Å². The van der Waals surface area contributed by atoms with Crippen LogP contribution >= 0.6 is 12.4 Å². The molecule has 3 N–H and O–H groups in total. The Labute approximate surface area is 120 Å². The highest BCUT2D eigenvalue weighted by Gasteiger charge is 2.37. The van der Waals surface area contributed by atoms with Crippen LogP contribution in [-0.4, -0.2) is 21.2 Å². The summed E-state index contributed by atoms with van der Waals surface area (Å²) >= 11 is 0. The minimum Gasteiger partial charge on any atom is -0.346 e. The van der Waals surface area contributed by atoms with Gasteiger partial charge in [0, 0.05) is 13.2 Å². The lowest BCUT2D eigenvalue weighted by molar-refractivity contribution is -0.127. The summed E-state index contributed by atoms with van der Waals surface area (Å²) in [7, 11) is 1.89. The van der Waals surface area contributed by atoms with Crippen LogP contribution in [0.5, 0.6) is 0 Å². The van der Waals surface area contributed by atoms with Crippen molar-refractivity contribution in [2.24, 2.45) is 12.8 Å². The van der Waals surface area contributed by atoms with Gasteiger partial charge in [0.05, 0.1) is 17.3 Å². The SMILES string of the molecule is CCC(NC(=O)C1(N)CCCC1)c1ccnn1C.Cl. The van der Waals surface area contributed by atoms with Crippen molar-refractivity contribution in [3.05, 3.63) is 18.0 Å². The Hall–Kier alpha value is -1.07. The van der Waals surface area contributed by atoms with Gasteiger partial charge in [0.15, 0.2) is 0 Å². The number of aromatic nitrogens is 2. The van der Waals surface area contributed by atoms with Gasteiger partial charge in [0.1, 0.15) is 0 Å². The average molecular weight is 287 g/mol. The molecule has 1 atom stereocenters. The van der Waals surface area contributed by atoms with E-state index in [1.165, 1.54) is 0 Å². The van der Waals surface area contributed by atoms with Gasteiger partial charge in [-0.1, -0.05) is 19.8 Å². The number of nitrogens with two attached hydrogens (primary N) is 1. The summed E-state index contributed by atoms with van der Waals surface area (Å²) in [4.78, 5) is 12.3. The summed E-state index contributed by atoms with van der Waals surface area (Å²) in [5, 5.41) is 7.21. The minimum absolute atomic E-state index is 0. The third-order valence-electron chi connectivity index (χ3n) is 3.88. The summed E-state index contributed by atoms with van der Waals surface area (Å²) in [5.74, 6) is -0.0203. The van der Waals surface area contributed by atoms with Gasteiger partial charge in [-0.15, -0.1) is 12.4 Å². The molecule has 19 heavy (non-hydrogen) atoms. The molecule has 0 saturated heterocycles. The zero-order chi connectivity index (χ0) is 13.2. The lowest BCUT2D eigenvalue weighted by atomic mass is 9.97. The van der Waals surface area contributed by atoms with E-state index >= 15 is 0 Å². The van der Waals surface area contributed by atoms with Crippen LogP contribution in [0.3, 0.4) is 0 Å². The first-order valence-electron chi connectivity index (χ1n) is 6.64. The lowest BCUT2D eigenvalue weighted by Gasteiger charge is -2.26. The molecule has 0 bridgehead atoms. The first kappa shape index (κ1) is 16.0. The summed E-state index contributed by atoms with van der Waals surface area (Å²) in [6.07, 6.45) is 6.26. The molecule has 108 valence electrons. The van der Waals surface area contributed by atoms with Crippen LogP contribution in [0.4, 0.5) is 0 Å².